The van der Waals surface area contributed by atoms with Gasteiger partial charge in [-0.05, 0) is 32.1 Å². The molecule has 0 rings (SSSR count). The third kappa shape index (κ3) is 26.8. The van der Waals surface area contributed by atoms with E-state index < -0.39 is 0 Å². The minimum absolute atomic E-state index is 0.0430. The van der Waals surface area contributed by atoms with Gasteiger partial charge in [-0.15, -0.1) is 0 Å². The zero-order chi connectivity index (χ0) is 24.2. The van der Waals surface area contributed by atoms with Gasteiger partial charge >= 0.3 is 11.9 Å². The molecule has 0 N–H and O–H groups in total. The van der Waals surface area contributed by atoms with Crippen molar-refractivity contribution in [2.75, 3.05) is 13.2 Å². The van der Waals surface area contributed by atoms with E-state index in [4.69, 9.17) is 9.47 Å². The molecule has 0 aromatic carbocycles. The van der Waals surface area contributed by atoms with E-state index in [1.807, 2.05) is 0 Å². The van der Waals surface area contributed by atoms with Crippen LogP contribution in [0.3, 0.4) is 0 Å². The Labute approximate surface area is 205 Å². The van der Waals surface area contributed by atoms with Gasteiger partial charge in [-0.25, -0.2) is 0 Å². The van der Waals surface area contributed by atoms with Crippen molar-refractivity contribution in [2.24, 2.45) is 0 Å². The number of allylic oxidation sites excluding steroid dienone is 1. The molecule has 4 heteroatoms. The molecule has 0 saturated carbocycles. The van der Waals surface area contributed by atoms with Crippen molar-refractivity contribution in [1.29, 1.82) is 0 Å². The van der Waals surface area contributed by atoms with Gasteiger partial charge in [-0.3, -0.25) is 9.59 Å². The molecule has 0 bridgehead atoms. The molecule has 0 fully saturated rings. The fourth-order valence-corrected chi connectivity index (χ4v) is 3.87. The summed E-state index contributed by atoms with van der Waals surface area (Å²) >= 11 is 0. The van der Waals surface area contributed by atoms with Gasteiger partial charge in [-0.2, -0.15) is 0 Å². The molecular formula is C29H54O4. The van der Waals surface area contributed by atoms with Gasteiger partial charge in [-0.1, -0.05) is 116 Å². The maximum atomic E-state index is 11.8. The molecule has 0 aromatic heterocycles. The van der Waals surface area contributed by atoms with E-state index in [1.54, 1.807) is 0 Å². The normalized spacial score (nSPS) is 11.2. The largest absolute Gasteiger partial charge is 0.466 e. The molecule has 194 valence electrons. The highest BCUT2D eigenvalue weighted by atomic mass is 16.5. The van der Waals surface area contributed by atoms with Gasteiger partial charge in [0.2, 0.25) is 0 Å². The van der Waals surface area contributed by atoms with Crippen molar-refractivity contribution in [1.82, 2.24) is 0 Å². The summed E-state index contributed by atoms with van der Waals surface area (Å²) < 4.78 is 10.6. The lowest BCUT2D eigenvalue weighted by atomic mass is 10.1. The van der Waals surface area contributed by atoms with Gasteiger partial charge in [0.25, 0.3) is 0 Å². The molecule has 4 nitrogen and oxygen atoms in total. The number of hydrogen-bond donors (Lipinski definition) is 0. The summed E-state index contributed by atoms with van der Waals surface area (Å²) in [5.74, 6) is -0.126. The molecular weight excluding hydrogens is 412 g/mol. The summed E-state index contributed by atoms with van der Waals surface area (Å²) in [6.45, 7) is 5.43. The lowest BCUT2D eigenvalue weighted by molar-refractivity contribution is -0.144. The lowest BCUT2D eigenvalue weighted by Gasteiger charge is -2.06. The van der Waals surface area contributed by atoms with E-state index >= 15 is 0 Å². The van der Waals surface area contributed by atoms with Crippen molar-refractivity contribution in [3.05, 3.63) is 12.2 Å². The Morgan fingerprint density at radius 3 is 1.42 bits per heavy atom. The second-order valence-corrected chi connectivity index (χ2v) is 9.27. The Morgan fingerprint density at radius 2 is 0.939 bits per heavy atom. The molecule has 0 heterocycles. The highest BCUT2D eigenvalue weighted by molar-refractivity contribution is 5.69. The lowest BCUT2D eigenvalue weighted by Crippen LogP contribution is -2.05. The fourth-order valence-electron chi connectivity index (χ4n) is 3.87. The molecule has 0 radical (unpaired) electrons. The second kappa shape index (κ2) is 26.9. The van der Waals surface area contributed by atoms with E-state index in [1.165, 1.54) is 64.2 Å². The van der Waals surface area contributed by atoms with Crippen LogP contribution in [0.15, 0.2) is 12.2 Å². The monoisotopic (exact) mass is 466 g/mol. The first-order valence-electron chi connectivity index (χ1n) is 14.2. The van der Waals surface area contributed by atoms with E-state index in [2.05, 4.69) is 26.0 Å². The summed E-state index contributed by atoms with van der Waals surface area (Å²) in [5.41, 5.74) is 0. The van der Waals surface area contributed by atoms with E-state index in [0.29, 0.717) is 26.1 Å². The molecule has 0 unspecified atom stereocenters. The summed E-state index contributed by atoms with van der Waals surface area (Å²) in [4.78, 5) is 23.4. The van der Waals surface area contributed by atoms with Crippen molar-refractivity contribution in [2.45, 2.75) is 149 Å². The number of carbonyl (C=O) groups is 2. The fraction of sp³-hybridized carbons (Fsp3) is 0.862. The first kappa shape index (κ1) is 31.7. The van der Waals surface area contributed by atoms with Crippen LogP contribution in [0.2, 0.25) is 0 Å². The smallest absolute Gasteiger partial charge is 0.305 e. The summed E-state index contributed by atoms with van der Waals surface area (Å²) in [6.07, 6.45) is 27.6. The maximum absolute atomic E-state index is 11.8. The number of esters is 2. The average Bonchev–Trinajstić information content (AvgIpc) is 2.81. The number of rotatable bonds is 25. The molecule has 33 heavy (non-hydrogen) atoms. The van der Waals surface area contributed by atoms with Crippen molar-refractivity contribution >= 4 is 11.9 Å². The van der Waals surface area contributed by atoms with Gasteiger partial charge < -0.3 is 9.47 Å². The van der Waals surface area contributed by atoms with Crippen LogP contribution in [0.25, 0.3) is 0 Å². The zero-order valence-corrected chi connectivity index (χ0v) is 22.1. The topological polar surface area (TPSA) is 52.6 Å². The molecule has 0 atom stereocenters. The van der Waals surface area contributed by atoms with Crippen LogP contribution in [-0.2, 0) is 19.1 Å². The van der Waals surface area contributed by atoms with E-state index in [-0.39, 0.29) is 11.9 Å². The Morgan fingerprint density at radius 1 is 0.515 bits per heavy atom. The van der Waals surface area contributed by atoms with Crippen molar-refractivity contribution in [3.8, 4) is 0 Å². The molecule has 0 aromatic rings. The number of unbranched alkanes of at least 4 members (excludes halogenated alkanes) is 15. The molecule has 0 saturated heterocycles. The Kier molecular flexibility index (Phi) is 25.9. The van der Waals surface area contributed by atoms with E-state index in [9.17, 15) is 9.59 Å². The number of hydrogen-bond acceptors (Lipinski definition) is 4. The van der Waals surface area contributed by atoms with Crippen molar-refractivity contribution in [3.63, 3.8) is 0 Å². The first-order chi connectivity index (χ1) is 16.2. The molecule has 0 aliphatic heterocycles. The van der Waals surface area contributed by atoms with Crippen LogP contribution in [0.4, 0.5) is 0 Å². The predicted molar refractivity (Wildman–Crippen MR) is 139 cm³/mol. The minimum Gasteiger partial charge on any atom is -0.466 e. The minimum atomic E-state index is -0.0829. The quantitative estimate of drug-likeness (QED) is 0.0765. The van der Waals surface area contributed by atoms with Gasteiger partial charge in [0.05, 0.1) is 13.2 Å². The average molecular weight is 467 g/mol. The second-order valence-electron chi connectivity index (χ2n) is 9.27. The standard InChI is InChI=1S/C29H54O4/c1-3-5-7-9-10-11-12-13-16-19-23-27-33-29(31)25-21-18-15-14-17-20-24-28(30)32-26-22-8-6-4-2/h6,8H,3-5,7,9-27H2,1-2H3/b8-6+. The molecule has 0 aliphatic rings. The third-order valence-corrected chi connectivity index (χ3v) is 5.97. The SMILES string of the molecule is CC/C=C/CCOC(=O)CCCCCCCCC(=O)OCCCCCCCCCCCCC. The Hall–Kier alpha value is -1.32. The van der Waals surface area contributed by atoms with Crippen LogP contribution < -0.4 is 0 Å². The molecule has 0 spiro atoms. The van der Waals surface area contributed by atoms with Crippen LogP contribution in [0, 0.1) is 0 Å². The summed E-state index contributed by atoms with van der Waals surface area (Å²) in [7, 11) is 0. The number of ether oxygens (including phenoxy) is 2. The summed E-state index contributed by atoms with van der Waals surface area (Å²) in [6, 6.07) is 0. The van der Waals surface area contributed by atoms with Gasteiger partial charge in [0.1, 0.15) is 0 Å². The van der Waals surface area contributed by atoms with Crippen LogP contribution in [-0.4, -0.2) is 25.2 Å². The van der Waals surface area contributed by atoms with Crippen LogP contribution in [0.5, 0.6) is 0 Å². The Balaban J connectivity index is 3.26. The van der Waals surface area contributed by atoms with E-state index in [0.717, 1.165) is 57.8 Å². The third-order valence-electron chi connectivity index (χ3n) is 5.97. The predicted octanol–water partition coefficient (Wildman–Crippen LogP) is 8.86. The van der Waals surface area contributed by atoms with Gasteiger partial charge in [0, 0.05) is 12.8 Å². The highest BCUT2D eigenvalue weighted by Crippen LogP contribution is 2.12. The Bertz CT molecular complexity index is 459. The van der Waals surface area contributed by atoms with Gasteiger partial charge in [0.15, 0.2) is 0 Å². The molecule has 0 amide bonds. The zero-order valence-electron chi connectivity index (χ0n) is 22.1. The molecule has 0 aliphatic carbocycles. The summed E-state index contributed by atoms with van der Waals surface area (Å²) in [5, 5.41) is 0. The number of carbonyl (C=O) groups excluding carboxylic acids is 2. The first-order valence-corrected chi connectivity index (χ1v) is 14.2. The van der Waals surface area contributed by atoms with Crippen LogP contribution >= 0.6 is 0 Å². The van der Waals surface area contributed by atoms with Crippen LogP contribution in [0.1, 0.15) is 149 Å². The maximum Gasteiger partial charge on any atom is 0.305 e. The van der Waals surface area contributed by atoms with Crippen molar-refractivity contribution < 1.29 is 19.1 Å². The highest BCUT2D eigenvalue weighted by Gasteiger charge is 2.04.